The fourth-order valence-electron chi connectivity index (χ4n) is 2.17. The molecule has 0 aliphatic carbocycles. The molecule has 0 radical (unpaired) electrons. The molecule has 0 saturated carbocycles. The molecule has 0 aromatic rings. The standard InChI is InChI=1S/C10H25N3Si/c1-8-14-9-10(11(2)3,12(4)5)13(6)7/h8H,1,9,14H2,2-7H3. The summed E-state index contributed by atoms with van der Waals surface area (Å²) in [5.41, 5.74) is 2.12. The maximum atomic E-state index is 3.85. The van der Waals surface area contributed by atoms with Crippen LogP contribution in [0.15, 0.2) is 12.3 Å². The van der Waals surface area contributed by atoms with E-state index < -0.39 is 0 Å². The van der Waals surface area contributed by atoms with Gasteiger partial charge in [-0.2, -0.15) is 0 Å². The van der Waals surface area contributed by atoms with E-state index in [-0.39, 0.29) is 15.3 Å². The molecule has 0 N–H and O–H groups in total. The lowest BCUT2D eigenvalue weighted by Crippen LogP contribution is -2.64. The highest BCUT2D eigenvalue weighted by atomic mass is 28.2. The molecule has 0 unspecified atom stereocenters. The highest BCUT2D eigenvalue weighted by Crippen LogP contribution is 2.22. The van der Waals surface area contributed by atoms with Crippen LogP contribution in [0.5, 0.6) is 0 Å². The van der Waals surface area contributed by atoms with Crippen LogP contribution in [0, 0.1) is 0 Å². The zero-order valence-electron chi connectivity index (χ0n) is 10.5. The van der Waals surface area contributed by atoms with E-state index in [1.165, 1.54) is 6.04 Å². The van der Waals surface area contributed by atoms with Gasteiger partial charge in [-0.05, 0) is 48.3 Å². The largest absolute Gasteiger partial charge is 0.279 e. The molecular weight excluding hydrogens is 190 g/mol. The summed E-state index contributed by atoms with van der Waals surface area (Å²) >= 11 is 0. The minimum absolute atomic E-state index is 0.0421. The Balaban J connectivity index is 4.84. The van der Waals surface area contributed by atoms with E-state index in [0.29, 0.717) is 0 Å². The highest BCUT2D eigenvalue weighted by Gasteiger charge is 2.36. The van der Waals surface area contributed by atoms with E-state index in [1.807, 2.05) is 0 Å². The molecule has 0 aliphatic heterocycles. The Morgan fingerprint density at radius 1 is 1.00 bits per heavy atom. The van der Waals surface area contributed by atoms with Gasteiger partial charge in [0.15, 0.2) is 0 Å². The van der Waals surface area contributed by atoms with Crippen molar-refractivity contribution in [2.24, 2.45) is 0 Å². The quantitative estimate of drug-likeness (QED) is 0.458. The maximum absolute atomic E-state index is 3.85. The van der Waals surface area contributed by atoms with Gasteiger partial charge < -0.3 is 0 Å². The molecule has 0 fully saturated rings. The molecule has 0 spiro atoms. The van der Waals surface area contributed by atoms with Gasteiger partial charge in [0.1, 0.15) is 5.79 Å². The molecular formula is C10H25N3Si. The van der Waals surface area contributed by atoms with Crippen molar-refractivity contribution in [3.63, 3.8) is 0 Å². The van der Waals surface area contributed by atoms with Crippen LogP contribution in [-0.4, -0.2) is 72.3 Å². The van der Waals surface area contributed by atoms with Gasteiger partial charge >= 0.3 is 0 Å². The first-order valence-electron chi connectivity index (χ1n) is 5.02. The van der Waals surface area contributed by atoms with Crippen molar-refractivity contribution < 1.29 is 0 Å². The fraction of sp³-hybridized carbons (Fsp3) is 0.800. The van der Waals surface area contributed by atoms with E-state index in [9.17, 15) is 0 Å². The van der Waals surface area contributed by atoms with E-state index in [4.69, 9.17) is 0 Å². The van der Waals surface area contributed by atoms with Crippen molar-refractivity contribution in [1.29, 1.82) is 0 Å². The monoisotopic (exact) mass is 215 g/mol. The van der Waals surface area contributed by atoms with Crippen molar-refractivity contribution in [2.75, 3.05) is 42.3 Å². The molecule has 0 amide bonds. The van der Waals surface area contributed by atoms with Crippen molar-refractivity contribution in [1.82, 2.24) is 14.7 Å². The van der Waals surface area contributed by atoms with Gasteiger partial charge in [0, 0.05) is 9.52 Å². The van der Waals surface area contributed by atoms with E-state index in [0.717, 1.165) is 0 Å². The molecule has 4 heteroatoms. The van der Waals surface area contributed by atoms with E-state index >= 15 is 0 Å². The molecule has 0 aromatic heterocycles. The second-order valence-corrected chi connectivity index (χ2v) is 5.94. The molecule has 3 nitrogen and oxygen atoms in total. The summed E-state index contributed by atoms with van der Waals surface area (Å²) in [6.07, 6.45) is 0. The van der Waals surface area contributed by atoms with Gasteiger partial charge in [0.05, 0.1) is 0 Å². The summed E-state index contributed by atoms with van der Waals surface area (Å²) in [6, 6.07) is 1.20. The van der Waals surface area contributed by atoms with Crippen LogP contribution in [0.3, 0.4) is 0 Å². The Morgan fingerprint density at radius 2 is 1.36 bits per heavy atom. The summed E-state index contributed by atoms with van der Waals surface area (Å²) in [5, 5.41) is 0. The van der Waals surface area contributed by atoms with E-state index in [1.54, 1.807) is 0 Å². The molecule has 0 heterocycles. The SMILES string of the molecule is C=C[SiH2]CC(N(C)C)(N(C)C)N(C)C. The Hall–Kier alpha value is -0.163. The second kappa shape index (κ2) is 5.65. The number of hydrogen-bond acceptors (Lipinski definition) is 3. The molecule has 0 atom stereocenters. The molecule has 0 aromatic carbocycles. The highest BCUT2D eigenvalue weighted by molar-refractivity contribution is 6.42. The van der Waals surface area contributed by atoms with Gasteiger partial charge in [-0.25, -0.2) is 0 Å². The first-order valence-corrected chi connectivity index (χ1v) is 6.84. The average Bonchev–Trinajstić information content (AvgIpc) is 2.03. The second-order valence-electron chi connectivity index (χ2n) is 4.28. The normalized spacial score (nSPS) is 13.8. The molecule has 0 rings (SSSR count). The lowest BCUT2D eigenvalue weighted by atomic mass is 10.3. The Bertz CT molecular complexity index is 156. The van der Waals surface area contributed by atoms with Crippen molar-refractivity contribution >= 4 is 9.52 Å². The predicted molar refractivity (Wildman–Crippen MR) is 67.3 cm³/mol. The minimum Gasteiger partial charge on any atom is -0.279 e. The van der Waals surface area contributed by atoms with Crippen LogP contribution in [0.25, 0.3) is 0 Å². The fourth-order valence-corrected chi connectivity index (χ4v) is 4.10. The molecule has 0 aliphatic rings. The third-order valence-corrected chi connectivity index (χ3v) is 4.20. The molecule has 0 bridgehead atoms. The first-order chi connectivity index (χ1) is 6.39. The van der Waals surface area contributed by atoms with Crippen molar-refractivity contribution in [2.45, 2.75) is 11.8 Å². The first kappa shape index (κ1) is 13.8. The number of nitrogens with zero attached hydrogens (tertiary/aromatic N) is 3. The van der Waals surface area contributed by atoms with Crippen LogP contribution in [0.1, 0.15) is 0 Å². The third-order valence-electron chi connectivity index (χ3n) is 2.83. The Labute approximate surface area is 91.2 Å². The van der Waals surface area contributed by atoms with Crippen LogP contribution in [0.2, 0.25) is 6.04 Å². The molecule has 14 heavy (non-hydrogen) atoms. The van der Waals surface area contributed by atoms with Crippen LogP contribution >= 0.6 is 0 Å². The summed E-state index contributed by atoms with van der Waals surface area (Å²) in [4.78, 5) is 6.84. The van der Waals surface area contributed by atoms with Gasteiger partial charge in [-0.15, -0.1) is 12.3 Å². The van der Waals surface area contributed by atoms with E-state index in [2.05, 4.69) is 69.3 Å². The molecule has 0 saturated heterocycles. The predicted octanol–water partition coefficient (Wildman–Crippen LogP) is 0.0556. The van der Waals surface area contributed by atoms with Crippen LogP contribution in [0.4, 0.5) is 0 Å². The maximum Gasteiger partial charge on any atom is 0.126 e. The zero-order valence-corrected chi connectivity index (χ0v) is 12.0. The Morgan fingerprint density at radius 3 is 1.57 bits per heavy atom. The van der Waals surface area contributed by atoms with Gasteiger partial charge in [0.2, 0.25) is 0 Å². The lowest BCUT2D eigenvalue weighted by Gasteiger charge is -2.50. The lowest BCUT2D eigenvalue weighted by molar-refractivity contribution is -0.0917. The van der Waals surface area contributed by atoms with Gasteiger partial charge in [-0.3, -0.25) is 14.7 Å². The zero-order chi connectivity index (χ0) is 11.4. The number of hydrogen-bond donors (Lipinski definition) is 0. The topological polar surface area (TPSA) is 9.72 Å². The van der Waals surface area contributed by atoms with Crippen LogP contribution < -0.4 is 0 Å². The van der Waals surface area contributed by atoms with Gasteiger partial charge in [0.25, 0.3) is 0 Å². The summed E-state index contributed by atoms with van der Waals surface area (Å²) in [5.74, 6) is 0.0421. The Kier molecular flexibility index (Phi) is 5.59. The third kappa shape index (κ3) is 2.67. The smallest absolute Gasteiger partial charge is 0.126 e. The van der Waals surface area contributed by atoms with Gasteiger partial charge in [-0.1, -0.05) is 0 Å². The van der Waals surface area contributed by atoms with Crippen LogP contribution in [-0.2, 0) is 0 Å². The minimum atomic E-state index is -0.172. The summed E-state index contributed by atoms with van der Waals surface area (Å²) < 4.78 is 0. The van der Waals surface area contributed by atoms with Crippen molar-refractivity contribution in [3.8, 4) is 0 Å². The number of rotatable bonds is 6. The van der Waals surface area contributed by atoms with Crippen molar-refractivity contribution in [3.05, 3.63) is 12.3 Å². The average molecular weight is 215 g/mol. The molecule has 84 valence electrons. The summed E-state index contributed by atoms with van der Waals surface area (Å²) in [7, 11) is 12.6. The summed E-state index contributed by atoms with van der Waals surface area (Å²) in [6.45, 7) is 3.85.